The van der Waals surface area contributed by atoms with Crippen LogP contribution in [0.2, 0.25) is 0 Å². The topological polar surface area (TPSA) is 39.9 Å². The Bertz CT molecular complexity index is 551. The van der Waals surface area contributed by atoms with Crippen LogP contribution >= 0.6 is 11.6 Å². The van der Waals surface area contributed by atoms with Gasteiger partial charge in [0.05, 0.1) is 5.38 Å². The summed E-state index contributed by atoms with van der Waals surface area (Å²) in [4.78, 5) is 9.08. The van der Waals surface area contributed by atoms with Gasteiger partial charge in [0.1, 0.15) is 11.3 Å². The summed E-state index contributed by atoms with van der Waals surface area (Å²) in [7, 11) is 0. The summed E-state index contributed by atoms with van der Waals surface area (Å²) in [6.07, 6.45) is 2.76. The third kappa shape index (κ3) is 3.07. The largest absolute Gasteiger partial charge is 0.382 e. The number of imidazole rings is 1. The molecular formula is C14H20ClN3O. The van der Waals surface area contributed by atoms with Crippen LogP contribution in [0.5, 0.6) is 0 Å². The first-order chi connectivity index (χ1) is 9.15. The van der Waals surface area contributed by atoms with Gasteiger partial charge in [0, 0.05) is 26.0 Å². The Kier molecular flexibility index (Phi) is 4.77. The van der Waals surface area contributed by atoms with E-state index in [1.54, 1.807) is 0 Å². The number of aryl methyl sites for hydroxylation is 2. The molecule has 0 saturated heterocycles. The lowest BCUT2D eigenvalue weighted by Gasteiger charge is -2.09. The van der Waals surface area contributed by atoms with Crippen LogP contribution < -0.4 is 0 Å². The van der Waals surface area contributed by atoms with E-state index in [9.17, 15) is 0 Å². The van der Waals surface area contributed by atoms with E-state index in [0.717, 1.165) is 48.7 Å². The molecule has 4 nitrogen and oxygen atoms in total. The summed E-state index contributed by atoms with van der Waals surface area (Å²) >= 11 is 6.23. The van der Waals surface area contributed by atoms with Crippen LogP contribution in [0.1, 0.15) is 37.0 Å². The van der Waals surface area contributed by atoms with E-state index in [0.29, 0.717) is 0 Å². The van der Waals surface area contributed by atoms with E-state index in [1.165, 1.54) is 0 Å². The van der Waals surface area contributed by atoms with Crippen LogP contribution in [0, 0.1) is 6.92 Å². The number of hydrogen-bond donors (Lipinski definition) is 0. The highest BCUT2D eigenvalue weighted by molar-refractivity contribution is 6.20. The second-order valence-electron chi connectivity index (χ2n) is 4.59. The molecule has 1 atom stereocenters. The van der Waals surface area contributed by atoms with Gasteiger partial charge in [0.15, 0.2) is 5.65 Å². The fraction of sp³-hybridized carbons (Fsp3) is 0.571. The van der Waals surface area contributed by atoms with Crippen LogP contribution in [0.15, 0.2) is 12.3 Å². The fourth-order valence-electron chi connectivity index (χ4n) is 2.15. The highest BCUT2D eigenvalue weighted by Gasteiger charge is 2.16. The van der Waals surface area contributed by atoms with Crippen LogP contribution in [0.25, 0.3) is 11.2 Å². The third-order valence-electron chi connectivity index (χ3n) is 3.10. The molecule has 19 heavy (non-hydrogen) atoms. The van der Waals surface area contributed by atoms with E-state index in [1.807, 2.05) is 33.0 Å². The second-order valence-corrected chi connectivity index (χ2v) is 5.24. The molecule has 2 aromatic heterocycles. The molecule has 2 heterocycles. The summed E-state index contributed by atoms with van der Waals surface area (Å²) in [6, 6.07) is 1.97. The molecule has 0 amide bonds. The van der Waals surface area contributed by atoms with Crippen molar-refractivity contribution in [2.75, 3.05) is 13.2 Å². The number of hydrogen-bond acceptors (Lipinski definition) is 3. The Hall–Kier alpha value is -1.13. The molecule has 2 rings (SSSR count). The van der Waals surface area contributed by atoms with Crippen molar-refractivity contribution in [2.24, 2.45) is 0 Å². The normalized spacial score (nSPS) is 13.1. The Morgan fingerprint density at radius 1 is 1.47 bits per heavy atom. The second kappa shape index (κ2) is 6.35. The quantitative estimate of drug-likeness (QED) is 0.601. The van der Waals surface area contributed by atoms with E-state index in [4.69, 9.17) is 16.3 Å². The van der Waals surface area contributed by atoms with Crippen LogP contribution in [-0.4, -0.2) is 27.7 Å². The number of rotatable bonds is 6. The van der Waals surface area contributed by atoms with Crippen molar-refractivity contribution in [1.29, 1.82) is 0 Å². The Morgan fingerprint density at radius 2 is 2.26 bits per heavy atom. The molecular weight excluding hydrogens is 262 g/mol. The van der Waals surface area contributed by atoms with Gasteiger partial charge in [-0.25, -0.2) is 9.97 Å². The molecule has 0 saturated carbocycles. The number of aromatic nitrogens is 3. The van der Waals surface area contributed by atoms with Gasteiger partial charge in [-0.15, -0.1) is 11.6 Å². The van der Waals surface area contributed by atoms with Crippen LogP contribution in [0.4, 0.5) is 0 Å². The van der Waals surface area contributed by atoms with E-state index >= 15 is 0 Å². The zero-order valence-corrected chi connectivity index (χ0v) is 12.4. The average molecular weight is 282 g/mol. The minimum atomic E-state index is -0.124. The van der Waals surface area contributed by atoms with Crippen molar-refractivity contribution < 1.29 is 4.74 Å². The summed E-state index contributed by atoms with van der Waals surface area (Å²) in [6.45, 7) is 8.32. The van der Waals surface area contributed by atoms with Crippen molar-refractivity contribution in [3.8, 4) is 0 Å². The van der Waals surface area contributed by atoms with Crippen molar-refractivity contribution in [3.63, 3.8) is 0 Å². The summed E-state index contributed by atoms with van der Waals surface area (Å²) in [5.41, 5.74) is 2.99. The zero-order chi connectivity index (χ0) is 13.8. The van der Waals surface area contributed by atoms with Gasteiger partial charge in [0.25, 0.3) is 0 Å². The maximum Gasteiger partial charge on any atom is 0.160 e. The molecule has 0 aliphatic heterocycles. The fourth-order valence-corrected chi connectivity index (χ4v) is 2.32. The van der Waals surface area contributed by atoms with Crippen molar-refractivity contribution >= 4 is 22.8 Å². The Labute approximate surface area is 118 Å². The van der Waals surface area contributed by atoms with Gasteiger partial charge >= 0.3 is 0 Å². The van der Waals surface area contributed by atoms with Gasteiger partial charge in [-0.1, -0.05) is 0 Å². The average Bonchev–Trinajstić information content (AvgIpc) is 2.75. The molecule has 1 unspecified atom stereocenters. The molecule has 0 aromatic carbocycles. The number of pyridine rings is 1. The Morgan fingerprint density at radius 3 is 2.95 bits per heavy atom. The van der Waals surface area contributed by atoms with Crippen LogP contribution in [-0.2, 0) is 11.3 Å². The maximum atomic E-state index is 6.23. The van der Waals surface area contributed by atoms with Crippen molar-refractivity contribution in [1.82, 2.24) is 14.5 Å². The highest BCUT2D eigenvalue weighted by atomic mass is 35.5. The Balaban J connectivity index is 2.33. The predicted molar refractivity (Wildman–Crippen MR) is 77.6 cm³/mol. The molecule has 0 fully saturated rings. The molecule has 5 heteroatoms. The molecule has 0 N–H and O–H groups in total. The molecule has 0 aliphatic rings. The lowest BCUT2D eigenvalue weighted by atomic mass is 10.3. The first-order valence-electron chi connectivity index (χ1n) is 6.68. The highest BCUT2D eigenvalue weighted by Crippen LogP contribution is 2.25. The van der Waals surface area contributed by atoms with E-state index in [2.05, 4.69) is 14.5 Å². The molecule has 0 aliphatic carbocycles. The number of alkyl halides is 1. The number of nitrogens with zero attached hydrogens (tertiary/aromatic N) is 3. The van der Waals surface area contributed by atoms with E-state index < -0.39 is 0 Å². The first-order valence-corrected chi connectivity index (χ1v) is 7.12. The van der Waals surface area contributed by atoms with Gasteiger partial charge in [-0.05, 0) is 38.8 Å². The standard InChI is InChI=1S/C14H20ClN3O/c1-4-19-9-5-8-18-13(11(3)15)17-12-10(2)6-7-16-14(12)18/h6-7,11H,4-5,8-9H2,1-3H3. The molecule has 0 spiro atoms. The molecule has 104 valence electrons. The summed E-state index contributed by atoms with van der Waals surface area (Å²) < 4.78 is 7.49. The smallest absolute Gasteiger partial charge is 0.160 e. The van der Waals surface area contributed by atoms with Crippen LogP contribution in [0.3, 0.4) is 0 Å². The minimum Gasteiger partial charge on any atom is -0.382 e. The molecule has 2 aromatic rings. The number of halogens is 1. The van der Waals surface area contributed by atoms with Crippen molar-refractivity contribution in [3.05, 3.63) is 23.7 Å². The number of ether oxygens (including phenoxy) is 1. The third-order valence-corrected chi connectivity index (χ3v) is 3.29. The minimum absolute atomic E-state index is 0.124. The maximum absolute atomic E-state index is 6.23. The number of fused-ring (bicyclic) bond motifs is 1. The lowest BCUT2D eigenvalue weighted by Crippen LogP contribution is -2.07. The predicted octanol–water partition coefficient (Wildman–Crippen LogP) is 3.47. The van der Waals surface area contributed by atoms with Gasteiger partial charge in [-0.3, -0.25) is 0 Å². The molecule has 0 radical (unpaired) electrons. The summed E-state index contributed by atoms with van der Waals surface area (Å²) in [5.74, 6) is 0.884. The summed E-state index contributed by atoms with van der Waals surface area (Å²) in [5, 5.41) is -0.124. The van der Waals surface area contributed by atoms with Crippen molar-refractivity contribution in [2.45, 2.75) is 39.1 Å². The van der Waals surface area contributed by atoms with Gasteiger partial charge in [0.2, 0.25) is 0 Å². The first kappa shape index (κ1) is 14.3. The zero-order valence-electron chi connectivity index (χ0n) is 11.7. The monoisotopic (exact) mass is 281 g/mol. The van der Waals surface area contributed by atoms with Gasteiger partial charge < -0.3 is 9.30 Å². The lowest BCUT2D eigenvalue weighted by molar-refractivity contribution is 0.141. The van der Waals surface area contributed by atoms with E-state index in [-0.39, 0.29) is 5.38 Å². The molecule has 0 bridgehead atoms. The van der Waals surface area contributed by atoms with Gasteiger partial charge in [-0.2, -0.15) is 0 Å². The SMILES string of the molecule is CCOCCCn1c(C(C)Cl)nc2c(C)ccnc21.